The van der Waals surface area contributed by atoms with Gasteiger partial charge in [-0.15, -0.1) is 10.2 Å². The topological polar surface area (TPSA) is 84.1 Å². The molecule has 1 unspecified atom stereocenters. The lowest BCUT2D eigenvalue weighted by Gasteiger charge is -2.33. The van der Waals surface area contributed by atoms with E-state index in [4.69, 9.17) is 0 Å². The Morgan fingerprint density at radius 2 is 1.88 bits per heavy atom. The zero-order chi connectivity index (χ0) is 17.1. The van der Waals surface area contributed by atoms with Gasteiger partial charge >= 0.3 is 0 Å². The van der Waals surface area contributed by atoms with Crippen LogP contribution in [0.15, 0.2) is 30.3 Å². The number of benzene rings is 1. The van der Waals surface area contributed by atoms with Gasteiger partial charge < -0.3 is 10.0 Å². The van der Waals surface area contributed by atoms with Gasteiger partial charge in [0, 0.05) is 18.7 Å². The number of amides is 1. The van der Waals surface area contributed by atoms with E-state index < -0.39 is 6.04 Å². The van der Waals surface area contributed by atoms with Gasteiger partial charge in [-0.05, 0) is 24.0 Å². The average Bonchev–Trinajstić information content (AvgIpc) is 3.05. The molecule has 128 valence electrons. The van der Waals surface area contributed by atoms with E-state index in [0.29, 0.717) is 31.8 Å². The predicted molar refractivity (Wildman–Crippen MR) is 88.9 cm³/mol. The van der Waals surface area contributed by atoms with Gasteiger partial charge in [-0.1, -0.05) is 44.2 Å². The first-order valence-electron chi connectivity index (χ1n) is 8.38. The summed E-state index contributed by atoms with van der Waals surface area (Å²) in [4.78, 5) is 16.1. The van der Waals surface area contributed by atoms with Crippen LogP contribution < -0.4 is 0 Å². The fourth-order valence-electron chi connectivity index (χ4n) is 2.97. The first-order chi connectivity index (χ1) is 11.6. The number of likely N-dealkylation sites (tertiary alicyclic amines) is 1. The Kier molecular flexibility index (Phi) is 4.89. The molecule has 2 aromatic rings. The summed E-state index contributed by atoms with van der Waals surface area (Å²) in [5.41, 5.74) is 0.875. The molecule has 0 bridgehead atoms. The van der Waals surface area contributed by atoms with Crippen LogP contribution in [0.5, 0.6) is 0 Å². The Labute approximate surface area is 141 Å². The summed E-state index contributed by atoms with van der Waals surface area (Å²) in [5.74, 6) is 0.555. The zero-order valence-electron chi connectivity index (χ0n) is 14.0. The maximum atomic E-state index is 12.9. The highest BCUT2D eigenvalue weighted by Crippen LogP contribution is 2.23. The second-order valence-corrected chi connectivity index (χ2v) is 6.54. The molecule has 0 aliphatic carbocycles. The molecule has 1 aliphatic heterocycles. The second-order valence-electron chi connectivity index (χ2n) is 6.54. The van der Waals surface area contributed by atoms with Crippen molar-refractivity contribution in [2.75, 3.05) is 13.1 Å². The van der Waals surface area contributed by atoms with Crippen molar-refractivity contribution in [1.29, 1.82) is 0 Å². The fraction of sp³-hybridized carbons (Fsp3) is 0.529. The van der Waals surface area contributed by atoms with Gasteiger partial charge in [0.1, 0.15) is 0 Å². The van der Waals surface area contributed by atoms with Crippen LogP contribution in [-0.4, -0.2) is 55.3 Å². The van der Waals surface area contributed by atoms with Crippen LogP contribution in [0.4, 0.5) is 0 Å². The number of tetrazole rings is 1. The maximum Gasteiger partial charge on any atom is 0.249 e. The Hall–Kier alpha value is -2.28. The molecule has 0 saturated carbocycles. The van der Waals surface area contributed by atoms with Crippen molar-refractivity contribution in [1.82, 2.24) is 25.1 Å². The molecule has 1 aromatic heterocycles. The lowest BCUT2D eigenvalue weighted by Crippen LogP contribution is -2.45. The smallest absolute Gasteiger partial charge is 0.249 e. The summed E-state index contributed by atoms with van der Waals surface area (Å²) in [6.45, 7) is 5.10. The quantitative estimate of drug-likeness (QED) is 0.919. The minimum Gasteiger partial charge on any atom is -0.393 e. The van der Waals surface area contributed by atoms with E-state index in [0.717, 1.165) is 5.56 Å². The van der Waals surface area contributed by atoms with E-state index in [9.17, 15) is 9.90 Å². The van der Waals surface area contributed by atoms with Gasteiger partial charge in [0.2, 0.25) is 11.7 Å². The minimum absolute atomic E-state index is 0.00564. The van der Waals surface area contributed by atoms with Crippen LogP contribution in [-0.2, 0) is 4.79 Å². The highest BCUT2D eigenvalue weighted by atomic mass is 16.3. The molecule has 3 rings (SSSR count). The average molecular weight is 329 g/mol. The Bertz CT molecular complexity index is 677. The van der Waals surface area contributed by atoms with E-state index in [1.165, 1.54) is 4.80 Å². The highest BCUT2D eigenvalue weighted by Gasteiger charge is 2.32. The summed E-state index contributed by atoms with van der Waals surface area (Å²) < 4.78 is 0. The van der Waals surface area contributed by atoms with Crippen molar-refractivity contribution >= 4 is 5.91 Å². The largest absolute Gasteiger partial charge is 0.393 e. The fourth-order valence-corrected chi connectivity index (χ4v) is 2.97. The molecular formula is C17H23N5O2. The minimum atomic E-state index is -0.481. The molecule has 0 spiro atoms. The van der Waals surface area contributed by atoms with E-state index >= 15 is 0 Å². The van der Waals surface area contributed by atoms with Gasteiger partial charge in [-0.25, -0.2) is 0 Å². The molecule has 1 aromatic carbocycles. The number of carbonyl (C=O) groups excluding carboxylic acids is 1. The Morgan fingerprint density at radius 3 is 2.50 bits per heavy atom. The van der Waals surface area contributed by atoms with Crippen LogP contribution in [0.1, 0.15) is 32.7 Å². The number of aliphatic hydroxyl groups is 1. The van der Waals surface area contributed by atoms with Crippen molar-refractivity contribution in [2.45, 2.75) is 38.8 Å². The second kappa shape index (κ2) is 7.09. The molecule has 1 amide bonds. The van der Waals surface area contributed by atoms with Crippen molar-refractivity contribution < 1.29 is 9.90 Å². The normalized spacial score (nSPS) is 17.2. The van der Waals surface area contributed by atoms with Gasteiger partial charge in [0.05, 0.1) is 6.10 Å². The third-order valence-corrected chi connectivity index (χ3v) is 4.37. The molecular weight excluding hydrogens is 306 g/mol. The number of hydrogen-bond acceptors (Lipinski definition) is 5. The molecule has 1 fully saturated rings. The standard InChI is InChI=1S/C17H23N5O2/c1-12(2)15(17(24)21-10-8-14(23)9-11-21)22-19-16(18-20-22)13-6-4-3-5-7-13/h3-7,12,14-15,23H,8-11H2,1-2H3. The van der Waals surface area contributed by atoms with Crippen LogP contribution in [0.3, 0.4) is 0 Å². The zero-order valence-corrected chi connectivity index (χ0v) is 14.0. The maximum absolute atomic E-state index is 12.9. The lowest BCUT2D eigenvalue weighted by atomic mass is 10.0. The molecule has 1 saturated heterocycles. The van der Waals surface area contributed by atoms with Gasteiger partial charge in [-0.2, -0.15) is 4.80 Å². The molecule has 1 N–H and O–H groups in total. The Morgan fingerprint density at radius 1 is 1.21 bits per heavy atom. The predicted octanol–water partition coefficient (Wildman–Crippen LogP) is 1.52. The molecule has 7 nitrogen and oxygen atoms in total. The van der Waals surface area contributed by atoms with Crippen molar-refractivity contribution in [3.63, 3.8) is 0 Å². The summed E-state index contributed by atoms with van der Waals surface area (Å²) in [6.07, 6.45) is 0.938. The van der Waals surface area contributed by atoms with E-state index in [1.807, 2.05) is 44.2 Å². The summed E-state index contributed by atoms with van der Waals surface area (Å²) in [6, 6.07) is 9.11. The van der Waals surface area contributed by atoms with E-state index in [-0.39, 0.29) is 17.9 Å². The Balaban J connectivity index is 1.81. The molecule has 1 aliphatic rings. The number of hydrogen-bond donors (Lipinski definition) is 1. The van der Waals surface area contributed by atoms with Crippen molar-refractivity contribution in [3.05, 3.63) is 30.3 Å². The summed E-state index contributed by atoms with van der Waals surface area (Å²) in [7, 11) is 0. The number of carbonyl (C=O) groups is 1. The number of rotatable bonds is 4. The third-order valence-electron chi connectivity index (χ3n) is 4.37. The van der Waals surface area contributed by atoms with Crippen molar-refractivity contribution in [3.8, 4) is 11.4 Å². The first kappa shape index (κ1) is 16.6. The number of aromatic nitrogens is 4. The van der Waals surface area contributed by atoms with Crippen molar-refractivity contribution in [2.24, 2.45) is 5.92 Å². The van der Waals surface area contributed by atoms with E-state index in [1.54, 1.807) is 4.90 Å². The van der Waals surface area contributed by atoms with Crippen LogP contribution >= 0.6 is 0 Å². The molecule has 24 heavy (non-hydrogen) atoms. The first-order valence-corrected chi connectivity index (χ1v) is 8.38. The summed E-state index contributed by atoms with van der Waals surface area (Å²) >= 11 is 0. The third kappa shape index (κ3) is 3.46. The van der Waals surface area contributed by atoms with Crippen LogP contribution in [0.25, 0.3) is 11.4 Å². The SMILES string of the molecule is CC(C)C(C(=O)N1CCC(O)CC1)n1nnc(-c2ccccc2)n1. The highest BCUT2D eigenvalue weighted by molar-refractivity contribution is 5.80. The van der Waals surface area contributed by atoms with Gasteiger partial charge in [0.25, 0.3) is 0 Å². The molecule has 2 heterocycles. The molecule has 7 heteroatoms. The molecule has 0 radical (unpaired) electrons. The number of piperidine rings is 1. The number of aliphatic hydroxyl groups excluding tert-OH is 1. The van der Waals surface area contributed by atoms with Gasteiger partial charge in [-0.3, -0.25) is 4.79 Å². The van der Waals surface area contributed by atoms with E-state index in [2.05, 4.69) is 15.4 Å². The lowest BCUT2D eigenvalue weighted by molar-refractivity contribution is -0.139. The summed E-state index contributed by atoms with van der Waals surface area (Å²) in [5, 5.41) is 22.3. The molecule has 1 atom stereocenters. The van der Waals surface area contributed by atoms with Crippen LogP contribution in [0.2, 0.25) is 0 Å². The number of nitrogens with zero attached hydrogens (tertiary/aromatic N) is 5. The van der Waals surface area contributed by atoms with Gasteiger partial charge in [0.15, 0.2) is 6.04 Å². The van der Waals surface area contributed by atoms with Crippen LogP contribution in [0, 0.1) is 5.92 Å². The monoisotopic (exact) mass is 329 g/mol.